The normalized spacial score (nSPS) is 12.6. The van der Waals surface area contributed by atoms with E-state index in [0.29, 0.717) is 12.4 Å². The lowest BCUT2D eigenvalue weighted by molar-refractivity contribution is 0.174. The van der Waals surface area contributed by atoms with Crippen LogP contribution in [0.25, 0.3) is 16.2 Å². The Labute approximate surface area is 174 Å². The zero-order valence-corrected chi connectivity index (χ0v) is 17.1. The number of aromatic nitrogens is 3. The molecule has 4 aromatic rings. The van der Waals surface area contributed by atoms with Crippen LogP contribution in [0.4, 0.5) is 4.39 Å². The van der Waals surface area contributed by atoms with Gasteiger partial charge in [-0.2, -0.15) is 0 Å². The van der Waals surface area contributed by atoms with Gasteiger partial charge in [0.2, 0.25) is 11.8 Å². The Morgan fingerprint density at radius 1 is 1.17 bits per heavy atom. The van der Waals surface area contributed by atoms with Crippen LogP contribution in [0.3, 0.4) is 0 Å². The molecule has 0 bridgehead atoms. The van der Waals surface area contributed by atoms with E-state index < -0.39 is 0 Å². The number of halogens is 1. The van der Waals surface area contributed by atoms with E-state index in [1.165, 1.54) is 17.4 Å². The maximum Gasteiger partial charge on any atom is 0.231 e. The SMILES string of the molecule is CCOc1cc(-c2csc3nnc(SCc4ccc5c(c4)OCO5)n23)ccc1F. The minimum Gasteiger partial charge on any atom is -0.491 e. The summed E-state index contributed by atoms with van der Waals surface area (Å²) in [5.74, 6) is 2.11. The monoisotopic (exact) mass is 429 g/mol. The van der Waals surface area contributed by atoms with Gasteiger partial charge in [0.25, 0.3) is 0 Å². The predicted molar refractivity (Wildman–Crippen MR) is 110 cm³/mol. The molecule has 0 N–H and O–H groups in total. The highest BCUT2D eigenvalue weighted by molar-refractivity contribution is 7.98. The Morgan fingerprint density at radius 2 is 2.07 bits per heavy atom. The molecular weight excluding hydrogens is 413 g/mol. The van der Waals surface area contributed by atoms with E-state index in [9.17, 15) is 4.39 Å². The largest absolute Gasteiger partial charge is 0.491 e. The quantitative estimate of drug-likeness (QED) is 0.401. The van der Waals surface area contributed by atoms with Gasteiger partial charge in [0.1, 0.15) is 0 Å². The van der Waals surface area contributed by atoms with E-state index in [2.05, 4.69) is 10.2 Å². The van der Waals surface area contributed by atoms with Gasteiger partial charge in [-0.3, -0.25) is 4.40 Å². The van der Waals surface area contributed by atoms with Gasteiger partial charge < -0.3 is 14.2 Å². The molecule has 0 atom stereocenters. The minimum absolute atomic E-state index is 0.243. The molecule has 0 amide bonds. The van der Waals surface area contributed by atoms with Crippen LogP contribution < -0.4 is 14.2 Å². The smallest absolute Gasteiger partial charge is 0.231 e. The van der Waals surface area contributed by atoms with Crippen molar-refractivity contribution in [2.24, 2.45) is 0 Å². The molecular formula is C20H16FN3O3S2. The third-order valence-electron chi connectivity index (χ3n) is 4.45. The van der Waals surface area contributed by atoms with E-state index in [1.807, 2.05) is 34.9 Å². The predicted octanol–water partition coefficient (Wildman–Crippen LogP) is 5.02. The van der Waals surface area contributed by atoms with Gasteiger partial charge in [-0.15, -0.1) is 21.5 Å². The summed E-state index contributed by atoms with van der Waals surface area (Å²) in [5, 5.41) is 11.4. The van der Waals surface area contributed by atoms with Crippen molar-refractivity contribution in [1.29, 1.82) is 0 Å². The van der Waals surface area contributed by atoms with Crippen LogP contribution in [0.5, 0.6) is 17.2 Å². The Morgan fingerprint density at radius 3 is 2.97 bits per heavy atom. The van der Waals surface area contributed by atoms with Crippen LogP contribution in [-0.4, -0.2) is 28.0 Å². The van der Waals surface area contributed by atoms with E-state index in [4.69, 9.17) is 14.2 Å². The van der Waals surface area contributed by atoms with Crippen molar-refractivity contribution in [1.82, 2.24) is 14.6 Å². The summed E-state index contributed by atoms with van der Waals surface area (Å²) in [6, 6.07) is 10.8. The first-order chi connectivity index (χ1) is 14.2. The van der Waals surface area contributed by atoms with Gasteiger partial charge in [-0.25, -0.2) is 4.39 Å². The highest BCUT2D eigenvalue weighted by atomic mass is 32.2. The van der Waals surface area contributed by atoms with Crippen LogP contribution in [0, 0.1) is 5.82 Å². The molecule has 148 valence electrons. The molecule has 29 heavy (non-hydrogen) atoms. The number of thiazole rings is 1. The van der Waals surface area contributed by atoms with Crippen molar-refractivity contribution in [2.45, 2.75) is 17.8 Å². The second kappa shape index (κ2) is 7.57. The van der Waals surface area contributed by atoms with E-state index in [1.54, 1.807) is 23.9 Å². The average molecular weight is 429 g/mol. The molecule has 0 spiro atoms. The number of hydrogen-bond donors (Lipinski definition) is 0. The van der Waals surface area contributed by atoms with Crippen LogP contribution in [0.2, 0.25) is 0 Å². The van der Waals surface area contributed by atoms with Crippen molar-refractivity contribution < 1.29 is 18.6 Å². The molecule has 3 heterocycles. The average Bonchev–Trinajstić information content (AvgIpc) is 3.44. The Hall–Kier alpha value is -2.78. The van der Waals surface area contributed by atoms with Crippen LogP contribution in [0.15, 0.2) is 46.9 Å². The molecule has 0 saturated heterocycles. The van der Waals surface area contributed by atoms with Gasteiger partial charge in [-0.1, -0.05) is 17.8 Å². The number of nitrogens with zero attached hydrogens (tertiary/aromatic N) is 3. The Balaban J connectivity index is 1.44. The highest BCUT2D eigenvalue weighted by Gasteiger charge is 2.17. The first-order valence-electron chi connectivity index (χ1n) is 8.99. The number of thioether (sulfide) groups is 1. The third-order valence-corrected chi connectivity index (χ3v) is 6.27. The first-order valence-corrected chi connectivity index (χ1v) is 10.9. The summed E-state index contributed by atoms with van der Waals surface area (Å²) in [7, 11) is 0. The summed E-state index contributed by atoms with van der Waals surface area (Å²) < 4.78 is 32.2. The summed E-state index contributed by atoms with van der Waals surface area (Å²) in [6.45, 7) is 2.50. The molecule has 2 aromatic carbocycles. The van der Waals surface area contributed by atoms with E-state index in [-0.39, 0.29) is 18.4 Å². The van der Waals surface area contributed by atoms with Crippen LogP contribution in [-0.2, 0) is 5.75 Å². The molecule has 1 aliphatic rings. The van der Waals surface area contributed by atoms with Crippen molar-refractivity contribution in [3.63, 3.8) is 0 Å². The lowest BCUT2D eigenvalue weighted by Gasteiger charge is -2.08. The summed E-state index contributed by atoms with van der Waals surface area (Å²) in [4.78, 5) is 0.787. The topological polar surface area (TPSA) is 57.9 Å². The fourth-order valence-corrected chi connectivity index (χ4v) is 4.88. The number of hydrogen-bond acceptors (Lipinski definition) is 7. The molecule has 6 nitrogen and oxygen atoms in total. The highest BCUT2D eigenvalue weighted by Crippen LogP contribution is 2.36. The van der Waals surface area contributed by atoms with Crippen LogP contribution in [0.1, 0.15) is 12.5 Å². The van der Waals surface area contributed by atoms with Crippen molar-refractivity contribution >= 4 is 28.1 Å². The fourth-order valence-electron chi connectivity index (χ4n) is 3.10. The molecule has 0 aliphatic carbocycles. The summed E-state index contributed by atoms with van der Waals surface area (Å²) >= 11 is 3.08. The van der Waals surface area contributed by atoms with Gasteiger partial charge in [0.05, 0.1) is 12.3 Å². The molecule has 0 unspecified atom stereocenters. The van der Waals surface area contributed by atoms with Crippen LogP contribution >= 0.6 is 23.1 Å². The maximum absolute atomic E-state index is 14.0. The summed E-state index contributed by atoms with van der Waals surface area (Å²) in [6.07, 6.45) is 0. The molecule has 9 heteroatoms. The zero-order chi connectivity index (χ0) is 19.8. The Kier molecular flexibility index (Phi) is 4.76. The minimum atomic E-state index is -0.372. The molecule has 0 radical (unpaired) electrons. The van der Waals surface area contributed by atoms with E-state index >= 15 is 0 Å². The Bertz CT molecular complexity index is 1190. The fraction of sp³-hybridized carbons (Fsp3) is 0.200. The molecule has 0 saturated carbocycles. The molecule has 0 fully saturated rings. The van der Waals surface area contributed by atoms with Gasteiger partial charge >= 0.3 is 0 Å². The van der Waals surface area contributed by atoms with Gasteiger partial charge in [-0.05, 0) is 42.8 Å². The standard InChI is InChI=1S/C20H16FN3O3S2/c1-2-25-17-8-13(4-5-14(17)21)15-10-29-20-23-22-19(24(15)20)28-9-12-3-6-16-18(7-12)27-11-26-16/h3-8,10H,2,9,11H2,1H3. The van der Waals surface area contributed by atoms with E-state index in [0.717, 1.165) is 38.4 Å². The number of ether oxygens (including phenoxy) is 3. The lowest BCUT2D eigenvalue weighted by Crippen LogP contribution is -1.96. The van der Waals surface area contributed by atoms with Crippen molar-refractivity contribution in [2.75, 3.05) is 13.4 Å². The van der Waals surface area contributed by atoms with Crippen molar-refractivity contribution in [3.05, 3.63) is 53.2 Å². The lowest BCUT2D eigenvalue weighted by atomic mass is 10.1. The second-order valence-electron chi connectivity index (χ2n) is 6.28. The third kappa shape index (κ3) is 3.40. The van der Waals surface area contributed by atoms with Gasteiger partial charge in [0.15, 0.2) is 28.2 Å². The summed E-state index contributed by atoms with van der Waals surface area (Å²) in [5.41, 5.74) is 2.86. The molecule has 5 rings (SSSR count). The first kappa shape index (κ1) is 18.3. The number of benzene rings is 2. The molecule has 1 aliphatic heterocycles. The number of fused-ring (bicyclic) bond motifs is 2. The maximum atomic E-state index is 14.0. The van der Waals surface area contributed by atoms with Crippen molar-refractivity contribution in [3.8, 4) is 28.5 Å². The zero-order valence-electron chi connectivity index (χ0n) is 15.4. The van der Waals surface area contributed by atoms with Gasteiger partial charge in [0, 0.05) is 16.7 Å². The molecule has 2 aromatic heterocycles. The number of rotatable bonds is 6. The second-order valence-corrected chi connectivity index (χ2v) is 8.06.